The first-order valence-corrected chi connectivity index (χ1v) is 14.0. The Labute approximate surface area is 237 Å². The topological polar surface area (TPSA) is 120 Å². The number of carbonyl (C=O) groups is 2. The molecule has 1 aliphatic heterocycles. The van der Waals surface area contributed by atoms with Gasteiger partial charge in [0, 0.05) is 16.4 Å². The van der Waals surface area contributed by atoms with Crippen LogP contribution in [0.5, 0.6) is 0 Å². The Morgan fingerprint density at radius 1 is 1.18 bits per heavy atom. The molecule has 1 atom stereocenters. The second-order valence-corrected chi connectivity index (χ2v) is 11.1. The van der Waals surface area contributed by atoms with Crippen LogP contribution in [0.1, 0.15) is 24.2 Å². The third-order valence-electron chi connectivity index (χ3n) is 6.04. The van der Waals surface area contributed by atoms with Gasteiger partial charge in [-0.3, -0.25) is 14.9 Å². The minimum absolute atomic E-state index is 0.0321. The minimum Gasteiger partial charge on any atom is -0.468 e. The molecule has 8 nitrogen and oxygen atoms in total. The summed E-state index contributed by atoms with van der Waals surface area (Å²) in [5, 5.41) is 20.5. The number of amides is 2. The summed E-state index contributed by atoms with van der Waals surface area (Å²) in [5.74, 6) is -0.946. The van der Waals surface area contributed by atoms with E-state index in [1.54, 1.807) is 31.2 Å². The number of dihydropyridines is 1. The van der Waals surface area contributed by atoms with Gasteiger partial charge in [0.2, 0.25) is 5.91 Å². The third kappa shape index (κ3) is 5.71. The van der Waals surface area contributed by atoms with Gasteiger partial charge in [-0.1, -0.05) is 52.9 Å². The lowest BCUT2D eigenvalue weighted by Crippen LogP contribution is -2.31. The monoisotopic (exact) mass is 575 g/mol. The zero-order chi connectivity index (χ0) is 27.5. The van der Waals surface area contributed by atoms with E-state index in [1.165, 1.54) is 29.4 Å². The van der Waals surface area contributed by atoms with Gasteiger partial charge < -0.3 is 15.1 Å². The number of hydrogen-bond donors (Lipinski definition) is 3. The summed E-state index contributed by atoms with van der Waals surface area (Å²) in [6, 6.07) is 18.6. The average Bonchev–Trinajstić information content (AvgIpc) is 3.59. The highest BCUT2D eigenvalue weighted by atomic mass is 35.5. The van der Waals surface area contributed by atoms with Crippen molar-refractivity contribution in [1.82, 2.24) is 10.3 Å². The Morgan fingerprint density at radius 2 is 2.00 bits per heavy atom. The van der Waals surface area contributed by atoms with Crippen LogP contribution in [-0.2, 0) is 9.59 Å². The van der Waals surface area contributed by atoms with Crippen molar-refractivity contribution >= 4 is 67.5 Å². The molecule has 2 aromatic carbocycles. The lowest BCUT2D eigenvalue weighted by Gasteiger charge is -2.28. The predicted molar refractivity (Wildman–Crippen MR) is 155 cm³/mol. The molecular weight excluding hydrogens is 554 g/mol. The van der Waals surface area contributed by atoms with Crippen LogP contribution in [0.2, 0.25) is 5.02 Å². The summed E-state index contributed by atoms with van der Waals surface area (Å²) >= 11 is 8.71. The number of thiazole rings is 1. The first-order chi connectivity index (χ1) is 18.8. The highest BCUT2D eigenvalue weighted by molar-refractivity contribution is 8.03. The number of aryl methyl sites for hydroxylation is 1. The quantitative estimate of drug-likeness (QED) is 0.228. The first-order valence-electron chi connectivity index (χ1n) is 11.8. The highest BCUT2D eigenvalue weighted by Crippen LogP contribution is 2.41. The van der Waals surface area contributed by atoms with Gasteiger partial charge in [-0.05, 0) is 55.8 Å². The van der Waals surface area contributed by atoms with Crippen LogP contribution >= 0.6 is 34.7 Å². The van der Waals surface area contributed by atoms with E-state index in [2.05, 4.69) is 27.0 Å². The van der Waals surface area contributed by atoms with E-state index in [0.29, 0.717) is 37.9 Å². The van der Waals surface area contributed by atoms with Crippen LogP contribution in [-0.4, -0.2) is 22.6 Å². The molecule has 2 aromatic heterocycles. The smallest absolute Gasteiger partial charge is 0.256 e. The molecule has 0 fully saturated rings. The molecule has 0 spiro atoms. The molecule has 2 amide bonds. The number of benzene rings is 2. The predicted octanol–water partition coefficient (Wildman–Crippen LogP) is 6.56. The van der Waals surface area contributed by atoms with Gasteiger partial charge in [0.05, 0.1) is 50.4 Å². The fourth-order valence-corrected chi connectivity index (χ4v) is 6.10. The number of nitrogens with one attached hydrogen (secondary N) is 3. The number of fused-ring (bicyclic) bond motifs is 1. The number of hydrogen-bond acceptors (Lipinski definition) is 8. The Bertz CT molecular complexity index is 1650. The molecule has 0 radical (unpaired) electrons. The Balaban J connectivity index is 1.38. The Kier molecular flexibility index (Phi) is 7.74. The number of furan rings is 1. The van der Waals surface area contributed by atoms with E-state index >= 15 is 0 Å². The standard InChI is InChI=1S/C28H22ClN5O3S2/c1-15-9-10-17(12-19(15)29)32-23(35)14-38-27-18(13-30)25(21-7-5-11-37-21)24(16(2)31-27)26(36)34-28-33-20-6-3-4-8-22(20)39-28/h3-12,25,31H,14H2,1-2H3,(H,32,35)(H,33,34,36)/t25-/m0/s1. The zero-order valence-corrected chi connectivity index (χ0v) is 23.3. The summed E-state index contributed by atoms with van der Waals surface area (Å²) in [6.07, 6.45) is 1.50. The lowest BCUT2D eigenvalue weighted by molar-refractivity contribution is -0.114. The minimum atomic E-state index is -0.762. The fraction of sp³-hybridized carbons (Fsp3) is 0.143. The second-order valence-electron chi connectivity index (χ2n) is 8.71. The van der Waals surface area contributed by atoms with Gasteiger partial charge in [0.1, 0.15) is 5.76 Å². The first kappa shape index (κ1) is 26.6. The van der Waals surface area contributed by atoms with E-state index in [-0.39, 0.29) is 17.2 Å². The maximum absolute atomic E-state index is 13.6. The molecule has 3 heterocycles. The number of anilines is 2. The van der Waals surface area contributed by atoms with E-state index in [1.807, 2.05) is 37.3 Å². The van der Waals surface area contributed by atoms with Crippen molar-refractivity contribution in [3.05, 3.63) is 99.1 Å². The number of rotatable bonds is 7. The summed E-state index contributed by atoms with van der Waals surface area (Å²) in [6.45, 7) is 3.64. The molecule has 4 aromatic rings. The number of nitrogens with zero attached hydrogens (tertiary/aromatic N) is 2. The van der Waals surface area contributed by atoms with Gasteiger partial charge in [0.25, 0.3) is 5.91 Å². The molecule has 39 heavy (non-hydrogen) atoms. The molecular formula is C28H22ClN5O3S2. The van der Waals surface area contributed by atoms with Crippen molar-refractivity contribution in [2.24, 2.45) is 0 Å². The van der Waals surface area contributed by atoms with Crippen LogP contribution in [0.4, 0.5) is 10.8 Å². The van der Waals surface area contributed by atoms with Crippen LogP contribution in [0.25, 0.3) is 10.2 Å². The maximum Gasteiger partial charge on any atom is 0.256 e. The lowest BCUT2D eigenvalue weighted by atomic mass is 9.85. The van der Waals surface area contributed by atoms with Gasteiger partial charge in [0.15, 0.2) is 5.13 Å². The van der Waals surface area contributed by atoms with E-state index < -0.39 is 11.8 Å². The summed E-state index contributed by atoms with van der Waals surface area (Å²) in [5.41, 5.74) is 3.44. The van der Waals surface area contributed by atoms with E-state index in [0.717, 1.165) is 15.8 Å². The molecule has 1 aliphatic rings. The molecule has 0 unspecified atom stereocenters. The summed E-state index contributed by atoms with van der Waals surface area (Å²) in [4.78, 5) is 30.7. The van der Waals surface area contributed by atoms with Gasteiger partial charge in [-0.2, -0.15) is 5.26 Å². The van der Waals surface area contributed by atoms with Crippen LogP contribution < -0.4 is 16.0 Å². The molecule has 0 aliphatic carbocycles. The van der Waals surface area contributed by atoms with E-state index in [4.69, 9.17) is 16.0 Å². The number of allylic oxidation sites excluding steroid dienone is 2. The van der Waals surface area contributed by atoms with Gasteiger partial charge >= 0.3 is 0 Å². The van der Waals surface area contributed by atoms with Crippen LogP contribution in [0, 0.1) is 18.3 Å². The van der Waals surface area contributed by atoms with Gasteiger partial charge in [-0.15, -0.1) is 0 Å². The number of para-hydroxylation sites is 1. The maximum atomic E-state index is 13.6. The third-order valence-corrected chi connectivity index (χ3v) is 8.41. The van der Waals surface area contributed by atoms with Crippen molar-refractivity contribution in [2.45, 2.75) is 19.8 Å². The van der Waals surface area contributed by atoms with Crippen LogP contribution in [0.3, 0.4) is 0 Å². The van der Waals surface area contributed by atoms with Crippen molar-refractivity contribution in [3.8, 4) is 6.07 Å². The number of halogens is 1. The van der Waals surface area contributed by atoms with E-state index in [9.17, 15) is 14.9 Å². The molecule has 0 saturated heterocycles. The molecule has 0 bridgehead atoms. The number of aromatic nitrogens is 1. The largest absolute Gasteiger partial charge is 0.468 e. The summed E-state index contributed by atoms with van der Waals surface area (Å²) < 4.78 is 6.61. The fourth-order valence-electron chi connectivity index (χ4n) is 4.16. The molecule has 11 heteroatoms. The Morgan fingerprint density at radius 3 is 2.72 bits per heavy atom. The Hall–Kier alpha value is -4.04. The number of nitriles is 1. The van der Waals surface area contributed by atoms with Crippen molar-refractivity contribution in [2.75, 3.05) is 16.4 Å². The number of carbonyl (C=O) groups excluding carboxylic acids is 2. The highest BCUT2D eigenvalue weighted by Gasteiger charge is 2.36. The SMILES string of the molecule is CC1=C(C(=O)Nc2nc3ccccc3s2)[C@H](c2ccco2)C(C#N)=C(SCC(=O)Nc2ccc(C)c(Cl)c2)N1. The van der Waals surface area contributed by atoms with Crippen molar-refractivity contribution in [3.63, 3.8) is 0 Å². The zero-order valence-electron chi connectivity index (χ0n) is 20.9. The van der Waals surface area contributed by atoms with Crippen molar-refractivity contribution in [1.29, 1.82) is 5.26 Å². The van der Waals surface area contributed by atoms with Crippen molar-refractivity contribution < 1.29 is 14.0 Å². The number of thioether (sulfide) groups is 1. The second kappa shape index (κ2) is 11.4. The normalized spacial score (nSPS) is 15.2. The average molecular weight is 576 g/mol. The summed E-state index contributed by atoms with van der Waals surface area (Å²) in [7, 11) is 0. The van der Waals surface area contributed by atoms with Gasteiger partial charge in [-0.25, -0.2) is 4.98 Å². The molecule has 5 rings (SSSR count). The molecule has 196 valence electrons. The molecule has 3 N–H and O–H groups in total. The van der Waals surface area contributed by atoms with Crippen LogP contribution in [0.15, 0.2) is 87.1 Å². The molecule has 0 saturated carbocycles.